The summed E-state index contributed by atoms with van der Waals surface area (Å²) in [4.78, 5) is 15.3. The number of hydrogen-bond acceptors (Lipinski definition) is 7. The number of hydrogen-bond donors (Lipinski definition) is 0. The second kappa shape index (κ2) is 8.97. The summed E-state index contributed by atoms with van der Waals surface area (Å²) in [6.45, 7) is 2.23. The van der Waals surface area contributed by atoms with Gasteiger partial charge in [-0.05, 0) is 41.8 Å². The van der Waals surface area contributed by atoms with Gasteiger partial charge in [0.1, 0.15) is 0 Å². The molecular formula is C22H24N2O6S2. The second-order valence-electron chi connectivity index (χ2n) is 7.23. The van der Waals surface area contributed by atoms with Gasteiger partial charge in [-0.1, -0.05) is 0 Å². The number of methoxy groups -OCH3 is 2. The zero-order chi connectivity index (χ0) is 22.9. The van der Waals surface area contributed by atoms with Crippen LogP contribution in [-0.2, 0) is 14.8 Å². The van der Waals surface area contributed by atoms with E-state index in [-0.39, 0.29) is 10.8 Å². The molecule has 0 atom stereocenters. The van der Waals surface area contributed by atoms with E-state index in [1.54, 1.807) is 23.1 Å². The monoisotopic (exact) mass is 476 g/mol. The predicted molar refractivity (Wildman–Crippen MR) is 124 cm³/mol. The van der Waals surface area contributed by atoms with Gasteiger partial charge in [0.2, 0.25) is 0 Å². The minimum atomic E-state index is -3.83. The maximum Gasteiger partial charge on any atom is 0.264 e. The van der Waals surface area contributed by atoms with Crippen LogP contribution in [0.15, 0.2) is 47.4 Å². The van der Waals surface area contributed by atoms with Gasteiger partial charge < -0.3 is 19.1 Å². The molecule has 0 radical (unpaired) electrons. The van der Waals surface area contributed by atoms with Crippen molar-refractivity contribution in [2.24, 2.45) is 0 Å². The van der Waals surface area contributed by atoms with E-state index in [0.29, 0.717) is 48.4 Å². The molecule has 1 aromatic heterocycles. The zero-order valence-corrected chi connectivity index (χ0v) is 19.7. The van der Waals surface area contributed by atoms with Crippen molar-refractivity contribution in [2.75, 3.05) is 51.9 Å². The van der Waals surface area contributed by atoms with Gasteiger partial charge in [-0.2, -0.15) is 0 Å². The van der Waals surface area contributed by atoms with Crippen LogP contribution in [0.25, 0.3) is 10.1 Å². The third-order valence-electron chi connectivity index (χ3n) is 5.39. The van der Waals surface area contributed by atoms with Crippen LogP contribution in [-0.4, -0.2) is 66.8 Å². The number of benzene rings is 2. The highest BCUT2D eigenvalue weighted by Crippen LogP contribution is 2.34. The average Bonchev–Trinajstić information content (AvgIpc) is 3.26. The van der Waals surface area contributed by atoms with Crippen molar-refractivity contribution in [1.29, 1.82) is 0 Å². The molecule has 32 heavy (non-hydrogen) atoms. The summed E-state index contributed by atoms with van der Waals surface area (Å²) >= 11 is 1.40. The first-order chi connectivity index (χ1) is 15.3. The summed E-state index contributed by atoms with van der Waals surface area (Å²) in [6.07, 6.45) is 0. The van der Waals surface area contributed by atoms with Crippen LogP contribution in [0.5, 0.6) is 11.5 Å². The lowest BCUT2D eigenvalue weighted by atomic mass is 10.2. The fourth-order valence-electron chi connectivity index (χ4n) is 3.53. The maximum absolute atomic E-state index is 13.2. The number of ether oxygens (including phenoxy) is 3. The molecular weight excluding hydrogens is 452 g/mol. The van der Waals surface area contributed by atoms with Crippen LogP contribution >= 0.6 is 11.3 Å². The Morgan fingerprint density at radius 3 is 2.44 bits per heavy atom. The first-order valence-electron chi connectivity index (χ1n) is 9.96. The van der Waals surface area contributed by atoms with E-state index < -0.39 is 10.0 Å². The Kier molecular flexibility index (Phi) is 6.27. The first kappa shape index (κ1) is 22.4. The van der Waals surface area contributed by atoms with Gasteiger partial charge in [0.25, 0.3) is 15.9 Å². The van der Waals surface area contributed by atoms with Gasteiger partial charge in [-0.25, -0.2) is 8.42 Å². The van der Waals surface area contributed by atoms with E-state index in [2.05, 4.69) is 0 Å². The Labute approximate surface area is 191 Å². The summed E-state index contributed by atoms with van der Waals surface area (Å²) < 4.78 is 44.3. The van der Waals surface area contributed by atoms with E-state index in [4.69, 9.17) is 14.2 Å². The van der Waals surface area contributed by atoms with Crippen molar-refractivity contribution in [1.82, 2.24) is 4.90 Å². The van der Waals surface area contributed by atoms with Crippen LogP contribution in [0.1, 0.15) is 9.67 Å². The number of amides is 1. The number of anilines is 1. The van der Waals surface area contributed by atoms with Gasteiger partial charge in [0.15, 0.2) is 11.5 Å². The molecule has 1 aliphatic heterocycles. The summed E-state index contributed by atoms with van der Waals surface area (Å²) in [5.41, 5.74) is 0.496. The van der Waals surface area contributed by atoms with E-state index in [1.165, 1.54) is 49.0 Å². The van der Waals surface area contributed by atoms with Gasteiger partial charge in [0.05, 0.1) is 42.9 Å². The molecule has 1 fully saturated rings. The minimum absolute atomic E-state index is 0.0256. The lowest BCUT2D eigenvalue weighted by molar-refractivity contribution is 0.0306. The summed E-state index contributed by atoms with van der Waals surface area (Å²) in [5.74, 6) is 0.759. The second-order valence-corrected chi connectivity index (χ2v) is 10.3. The molecule has 1 aliphatic rings. The van der Waals surface area contributed by atoms with Crippen LogP contribution < -0.4 is 13.8 Å². The molecule has 0 saturated carbocycles. The lowest BCUT2D eigenvalue weighted by Crippen LogP contribution is -2.40. The van der Waals surface area contributed by atoms with Gasteiger partial charge in [-0.15, -0.1) is 11.3 Å². The number of morpholine rings is 1. The van der Waals surface area contributed by atoms with Crippen molar-refractivity contribution in [3.63, 3.8) is 0 Å². The number of rotatable bonds is 6. The topological polar surface area (TPSA) is 85.4 Å². The fourth-order valence-corrected chi connectivity index (χ4v) is 5.74. The Hall–Kier alpha value is -2.82. The first-order valence-corrected chi connectivity index (χ1v) is 12.2. The third-order valence-corrected chi connectivity index (χ3v) is 8.27. The summed E-state index contributed by atoms with van der Waals surface area (Å²) in [7, 11) is 0.616. The third kappa shape index (κ3) is 4.13. The van der Waals surface area contributed by atoms with E-state index in [1.807, 2.05) is 12.1 Å². The Morgan fingerprint density at radius 1 is 1.03 bits per heavy atom. The van der Waals surface area contributed by atoms with Crippen LogP contribution in [0, 0.1) is 0 Å². The molecule has 0 aliphatic carbocycles. The van der Waals surface area contributed by atoms with Gasteiger partial charge in [-0.3, -0.25) is 9.10 Å². The summed E-state index contributed by atoms with van der Waals surface area (Å²) in [6, 6.07) is 11.7. The van der Waals surface area contributed by atoms with E-state index in [9.17, 15) is 13.2 Å². The Morgan fingerprint density at radius 2 is 1.75 bits per heavy atom. The van der Waals surface area contributed by atoms with Crippen molar-refractivity contribution in [2.45, 2.75) is 4.90 Å². The fraction of sp³-hybridized carbons (Fsp3) is 0.318. The molecule has 1 saturated heterocycles. The molecule has 2 heterocycles. The van der Waals surface area contributed by atoms with Crippen molar-refractivity contribution in [3.05, 3.63) is 47.3 Å². The SMILES string of the molecule is COc1ccc(S(=O)(=O)N(C)c2ccc3sc(C(=O)N4CCOCC4)cc3c2)cc1OC. The Bertz CT molecular complexity index is 1250. The number of sulfonamides is 1. The molecule has 0 bridgehead atoms. The number of thiophene rings is 1. The van der Waals surface area contributed by atoms with Crippen LogP contribution in [0.2, 0.25) is 0 Å². The standard InChI is InChI=1S/C22H24N2O6S2/c1-23(32(26,27)17-5-6-18(28-2)19(14-17)29-3)16-4-7-20-15(12-16)13-21(31-20)22(25)24-8-10-30-11-9-24/h4-7,12-14H,8-11H2,1-3H3. The normalized spacial score (nSPS) is 14.4. The molecule has 8 nitrogen and oxygen atoms in total. The molecule has 4 rings (SSSR count). The molecule has 0 N–H and O–H groups in total. The maximum atomic E-state index is 13.2. The highest BCUT2D eigenvalue weighted by Gasteiger charge is 2.24. The lowest BCUT2D eigenvalue weighted by Gasteiger charge is -2.26. The Balaban J connectivity index is 1.63. The van der Waals surface area contributed by atoms with Crippen LogP contribution in [0.3, 0.4) is 0 Å². The molecule has 0 unspecified atom stereocenters. The molecule has 0 spiro atoms. The van der Waals surface area contributed by atoms with Crippen molar-refractivity contribution < 1.29 is 27.4 Å². The highest BCUT2D eigenvalue weighted by atomic mass is 32.2. The highest BCUT2D eigenvalue weighted by molar-refractivity contribution is 7.92. The molecule has 2 aromatic carbocycles. The van der Waals surface area contributed by atoms with Gasteiger partial charge >= 0.3 is 0 Å². The van der Waals surface area contributed by atoms with E-state index in [0.717, 1.165) is 10.1 Å². The molecule has 170 valence electrons. The number of carbonyl (C=O) groups is 1. The van der Waals surface area contributed by atoms with Gasteiger partial charge in [0, 0.05) is 30.9 Å². The number of nitrogens with zero attached hydrogens (tertiary/aromatic N) is 2. The van der Waals surface area contributed by atoms with Crippen molar-refractivity contribution in [3.8, 4) is 11.5 Å². The molecule has 3 aromatic rings. The quantitative estimate of drug-likeness (QED) is 0.543. The largest absolute Gasteiger partial charge is 0.493 e. The predicted octanol–water partition coefficient (Wildman–Crippen LogP) is 3.22. The van der Waals surface area contributed by atoms with E-state index >= 15 is 0 Å². The van der Waals surface area contributed by atoms with Crippen LogP contribution in [0.4, 0.5) is 5.69 Å². The number of fused-ring (bicyclic) bond motifs is 1. The number of carbonyl (C=O) groups excluding carboxylic acids is 1. The smallest absolute Gasteiger partial charge is 0.264 e. The zero-order valence-electron chi connectivity index (χ0n) is 18.0. The molecule has 1 amide bonds. The minimum Gasteiger partial charge on any atom is -0.493 e. The van der Waals surface area contributed by atoms with Crippen molar-refractivity contribution >= 4 is 43.0 Å². The molecule has 10 heteroatoms. The summed E-state index contributed by atoms with van der Waals surface area (Å²) in [5, 5.41) is 0.818. The average molecular weight is 477 g/mol.